The molecular formula is C7H17N3S. The third-order valence-electron chi connectivity index (χ3n) is 1.44. The fourth-order valence-corrected chi connectivity index (χ4v) is 1.48. The van der Waals surface area contributed by atoms with Crippen molar-refractivity contribution in [3.63, 3.8) is 0 Å². The Morgan fingerprint density at radius 3 is 2.64 bits per heavy atom. The van der Waals surface area contributed by atoms with Crippen molar-refractivity contribution in [3.05, 3.63) is 0 Å². The molecule has 66 valence electrons. The Morgan fingerprint density at radius 1 is 1.55 bits per heavy atom. The average Bonchev–Trinajstić information content (AvgIpc) is 1.97. The highest BCUT2D eigenvalue weighted by atomic mass is 32.2. The quantitative estimate of drug-likeness (QED) is 0.372. The van der Waals surface area contributed by atoms with Crippen LogP contribution in [0.1, 0.15) is 20.3 Å². The van der Waals surface area contributed by atoms with Crippen LogP contribution in [0.15, 0.2) is 4.99 Å². The van der Waals surface area contributed by atoms with Gasteiger partial charge in [-0.1, -0.05) is 20.3 Å². The first-order valence-corrected chi connectivity index (χ1v) is 4.95. The molecule has 0 rings (SSSR count). The molecule has 0 aromatic carbocycles. The second-order valence-electron chi connectivity index (χ2n) is 2.60. The lowest BCUT2D eigenvalue weighted by Gasteiger charge is -2.05. The van der Waals surface area contributed by atoms with Crippen molar-refractivity contribution in [2.24, 2.45) is 22.4 Å². The zero-order valence-corrected chi connectivity index (χ0v) is 8.03. The Kier molecular flexibility index (Phi) is 6.12. The molecule has 0 saturated heterocycles. The van der Waals surface area contributed by atoms with Crippen LogP contribution in [0.2, 0.25) is 0 Å². The summed E-state index contributed by atoms with van der Waals surface area (Å²) in [6.07, 6.45) is 1.22. The van der Waals surface area contributed by atoms with E-state index < -0.39 is 0 Å². The standard InChI is InChI=1S/C7H17N3S/c1-3-6(2)4-11-5-10-7(8)9/h6H,3-5H2,1-2H3,(H4,8,9,10). The van der Waals surface area contributed by atoms with Crippen molar-refractivity contribution in [2.45, 2.75) is 20.3 Å². The van der Waals surface area contributed by atoms with Crippen LogP contribution < -0.4 is 11.5 Å². The summed E-state index contributed by atoms with van der Waals surface area (Å²) >= 11 is 1.77. The van der Waals surface area contributed by atoms with E-state index in [4.69, 9.17) is 11.5 Å². The van der Waals surface area contributed by atoms with Crippen LogP contribution >= 0.6 is 11.8 Å². The zero-order chi connectivity index (χ0) is 8.69. The fraction of sp³-hybridized carbons (Fsp3) is 0.857. The van der Waals surface area contributed by atoms with E-state index in [1.165, 1.54) is 6.42 Å². The van der Waals surface area contributed by atoms with Gasteiger partial charge in [0, 0.05) is 0 Å². The summed E-state index contributed by atoms with van der Waals surface area (Å²) in [7, 11) is 0. The van der Waals surface area contributed by atoms with Crippen LogP contribution in [0.4, 0.5) is 0 Å². The van der Waals surface area contributed by atoms with Gasteiger partial charge < -0.3 is 11.5 Å². The first kappa shape index (κ1) is 10.6. The van der Waals surface area contributed by atoms with Crippen molar-refractivity contribution in [3.8, 4) is 0 Å². The number of nitrogens with two attached hydrogens (primary N) is 2. The normalized spacial score (nSPS) is 12.5. The maximum Gasteiger partial charge on any atom is 0.186 e. The van der Waals surface area contributed by atoms with Gasteiger partial charge in [0.1, 0.15) is 0 Å². The van der Waals surface area contributed by atoms with Crippen LogP contribution in [-0.2, 0) is 0 Å². The third kappa shape index (κ3) is 7.52. The molecule has 0 amide bonds. The minimum atomic E-state index is 0.182. The van der Waals surface area contributed by atoms with Crippen molar-refractivity contribution >= 4 is 17.7 Å². The molecule has 0 heterocycles. The Balaban J connectivity index is 3.21. The number of aliphatic imine (C=N–C) groups is 1. The van der Waals surface area contributed by atoms with Gasteiger partial charge in [0.25, 0.3) is 0 Å². The molecule has 0 aliphatic heterocycles. The fourth-order valence-electron chi connectivity index (χ4n) is 0.492. The molecule has 0 aliphatic rings. The molecule has 1 unspecified atom stereocenters. The predicted molar refractivity (Wildman–Crippen MR) is 52.6 cm³/mol. The van der Waals surface area contributed by atoms with Gasteiger partial charge in [0.15, 0.2) is 5.96 Å². The first-order valence-electron chi connectivity index (χ1n) is 3.80. The molecule has 11 heavy (non-hydrogen) atoms. The van der Waals surface area contributed by atoms with E-state index in [-0.39, 0.29) is 5.96 Å². The number of hydrogen-bond donors (Lipinski definition) is 2. The summed E-state index contributed by atoms with van der Waals surface area (Å²) < 4.78 is 0. The number of guanidine groups is 1. The van der Waals surface area contributed by atoms with E-state index in [9.17, 15) is 0 Å². The molecule has 4 N–H and O–H groups in total. The van der Waals surface area contributed by atoms with Crippen LogP contribution in [-0.4, -0.2) is 17.6 Å². The molecule has 4 heteroatoms. The summed E-state index contributed by atoms with van der Waals surface area (Å²) in [5, 5.41) is 0. The maximum absolute atomic E-state index is 5.16. The lowest BCUT2D eigenvalue weighted by atomic mass is 10.2. The summed E-state index contributed by atoms with van der Waals surface area (Å²) in [5.74, 6) is 2.76. The molecule has 0 aliphatic carbocycles. The lowest BCUT2D eigenvalue weighted by Crippen LogP contribution is -2.22. The second kappa shape index (κ2) is 6.34. The molecule has 0 aromatic heterocycles. The van der Waals surface area contributed by atoms with Crippen molar-refractivity contribution in [1.29, 1.82) is 0 Å². The molecule has 1 atom stereocenters. The van der Waals surface area contributed by atoms with Gasteiger partial charge in [-0.3, -0.25) is 0 Å². The minimum absolute atomic E-state index is 0.182. The van der Waals surface area contributed by atoms with Crippen LogP contribution in [0, 0.1) is 5.92 Å². The van der Waals surface area contributed by atoms with E-state index in [0.29, 0.717) is 5.88 Å². The highest BCUT2D eigenvalue weighted by molar-refractivity contribution is 7.99. The minimum Gasteiger partial charge on any atom is -0.370 e. The van der Waals surface area contributed by atoms with E-state index in [1.807, 2.05) is 0 Å². The second-order valence-corrected chi connectivity index (χ2v) is 3.60. The number of thioether (sulfide) groups is 1. The molecule has 0 bridgehead atoms. The molecule has 0 saturated carbocycles. The van der Waals surface area contributed by atoms with E-state index in [2.05, 4.69) is 18.8 Å². The number of rotatable bonds is 5. The van der Waals surface area contributed by atoms with Gasteiger partial charge in [-0.2, -0.15) is 0 Å². The Morgan fingerprint density at radius 2 is 2.18 bits per heavy atom. The van der Waals surface area contributed by atoms with Crippen LogP contribution in [0.3, 0.4) is 0 Å². The summed E-state index contributed by atoms with van der Waals surface area (Å²) in [6, 6.07) is 0. The summed E-state index contributed by atoms with van der Waals surface area (Å²) in [4.78, 5) is 3.87. The third-order valence-corrected chi connectivity index (χ3v) is 2.55. The highest BCUT2D eigenvalue weighted by Crippen LogP contribution is 2.10. The Bertz CT molecular complexity index is 121. The number of hydrogen-bond acceptors (Lipinski definition) is 2. The molecule has 0 fully saturated rings. The summed E-state index contributed by atoms with van der Waals surface area (Å²) in [6.45, 7) is 4.41. The molecule has 0 radical (unpaired) electrons. The Hall–Kier alpha value is -0.380. The molecule has 3 nitrogen and oxygen atoms in total. The topological polar surface area (TPSA) is 64.4 Å². The van der Waals surface area contributed by atoms with Gasteiger partial charge in [-0.25, -0.2) is 4.99 Å². The van der Waals surface area contributed by atoms with Crippen LogP contribution in [0.5, 0.6) is 0 Å². The Labute approximate surface area is 72.6 Å². The van der Waals surface area contributed by atoms with Crippen LogP contribution in [0.25, 0.3) is 0 Å². The molecule has 0 spiro atoms. The van der Waals surface area contributed by atoms with Gasteiger partial charge in [-0.15, -0.1) is 11.8 Å². The number of nitrogens with zero attached hydrogens (tertiary/aromatic N) is 1. The van der Waals surface area contributed by atoms with Gasteiger partial charge in [-0.05, 0) is 11.7 Å². The lowest BCUT2D eigenvalue weighted by molar-refractivity contribution is 0.637. The van der Waals surface area contributed by atoms with E-state index >= 15 is 0 Å². The highest BCUT2D eigenvalue weighted by Gasteiger charge is 1.96. The smallest absolute Gasteiger partial charge is 0.186 e. The predicted octanol–water partition coefficient (Wildman–Crippen LogP) is 0.997. The SMILES string of the molecule is CCC(C)CSCN=C(N)N. The van der Waals surface area contributed by atoms with E-state index in [1.54, 1.807) is 11.8 Å². The van der Waals surface area contributed by atoms with Gasteiger partial charge >= 0.3 is 0 Å². The zero-order valence-electron chi connectivity index (χ0n) is 7.21. The van der Waals surface area contributed by atoms with Crippen molar-refractivity contribution in [2.75, 3.05) is 11.6 Å². The van der Waals surface area contributed by atoms with Gasteiger partial charge in [0.05, 0.1) is 5.88 Å². The average molecular weight is 175 g/mol. The summed E-state index contributed by atoms with van der Waals surface area (Å²) in [5.41, 5.74) is 10.3. The largest absolute Gasteiger partial charge is 0.370 e. The molecule has 0 aromatic rings. The molecular weight excluding hydrogens is 158 g/mol. The van der Waals surface area contributed by atoms with Gasteiger partial charge in [0.2, 0.25) is 0 Å². The van der Waals surface area contributed by atoms with E-state index in [0.717, 1.165) is 11.7 Å². The first-order chi connectivity index (χ1) is 5.16. The van der Waals surface area contributed by atoms with Crippen molar-refractivity contribution < 1.29 is 0 Å². The monoisotopic (exact) mass is 175 g/mol. The maximum atomic E-state index is 5.16. The van der Waals surface area contributed by atoms with Crippen molar-refractivity contribution in [1.82, 2.24) is 0 Å².